The minimum absolute atomic E-state index is 0. The van der Waals surface area contributed by atoms with Crippen LogP contribution in [0.3, 0.4) is 0 Å². The Kier molecular flexibility index (Phi) is 3.28. The SMILES string of the molecule is [Pt+2].[c-]1c2cccc1-c1[c-]c(ccc1)C1=NC(=C3N=CC2=N3)N=C1. The van der Waals surface area contributed by atoms with Gasteiger partial charge in [0.1, 0.15) is 0 Å². The van der Waals surface area contributed by atoms with E-state index in [0.717, 1.165) is 33.7 Å². The van der Waals surface area contributed by atoms with Crippen LogP contribution in [0.1, 0.15) is 11.1 Å². The third-order valence-electron chi connectivity index (χ3n) is 3.70. The maximum absolute atomic E-state index is 4.52. The molecule has 0 fully saturated rings. The fourth-order valence-corrected chi connectivity index (χ4v) is 2.61. The minimum Gasteiger partial charge on any atom is -0.264 e. The van der Waals surface area contributed by atoms with Gasteiger partial charge in [0, 0.05) is 23.9 Å². The van der Waals surface area contributed by atoms with E-state index in [1.807, 2.05) is 36.4 Å². The van der Waals surface area contributed by atoms with Crippen LogP contribution in [0.15, 0.2) is 68.0 Å². The predicted octanol–water partition coefficient (Wildman–Crippen LogP) is 2.84. The second kappa shape index (κ2) is 5.32. The fourth-order valence-electron chi connectivity index (χ4n) is 2.61. The molecular weight excluding hydrogens is 467 g/mol. The molecule has 0 atom stereocenters. The average molecular weight is 475 g/mol. The first-order valence-electron chi connectivity index (χ1n) is 6.92. The standard InChI is InChI=1S/C18H8N4.Pt/c1-3-11-7-13(5-1)15-9-19-17(21-15)18-20-10-16(22-18)14-6-2-4-12(11)8-14;/h1-6,9-10H;/q-2;+2. The van der Waals surface area contributed by atoms with E-state index in [-0.39, 0.29) is 21.1 Å². The van der Waals surface area contributed by atoms with Gasteiger partial charge >= 0.3 is 21.1 Å². The smallest absolute Gasteiger partial charge is 0.264 e. The van der Waals surface area contributed by atoms with Crippen LogP contribution in [0.5, 0.6) is 0 Å². The van der Waals surface area contributed by atoms with E-state index in [1.54, 1.807) is 12.4 Å². The van der Waals surface area contributed by atoms with Crippen LogP contribution in [0, 0.1) is 12.1 Å². The van der Waals surface area contributed by atoms with Crippen LogP contribution < -0.4 is 0 Å². The summed E-state index contributed by atoms with van der Waals surface area (Å²) in [7, 11) is 0. The van der Waals surface area contributed by atoms with E-state index in [9.17, 15) is 0 Å². The number of nitrogens with zero attached hydrogens (tertiary/aromatic N) is 4. The Morgan fingerprint density at radius 3 is 1.52 bits per heavy atom. The molecule has 0 spiro atoms. The van der Waals surface area contributed by atoms with Gasteiger partial charge in [0.25, 0.3) is 0 Å². The maximum Gasteiger partial charge on any atom is 2.00 e. The van der Waals surface area contributed by atoms with Crippen LogP contribution in [-0.4, -0.2) is 23.9 Å². The van der Waals surface area contributed by atoms with E-state index < -0.39 is 0 Å². The number of hydrogen-bond donors (Lipinski definition) is 0. The molecule has 0 aliphatic carbocycles. The van der Waals surface area contributed by atoms with Gasteiger partial charge < -0.3 is 0 Å². The Hall–Kier alpha value is -2.45. The zero-order valence-corrected chi connectivity index (χ0v) is 14.0. The first kappa shape index (κ1) is 14.2. The van der Waals surface area contributed by atoms with E-state index in [4.69, 9.17) is 0 Å². The minimum atomic E-state index is 0. The Morgan fingerprint density at radius 1 is 0.609 bits per heavy atom. The first-order valence-corrected chi connectivity index (χ1v) is 6.92. The molecule has 0 N–H and O–H groups in total. The summed E-state index contributed by atoms with van der Waals surface area (Å²) in [5.74, 6) is 1.08. The van der Waals surface area contributed by atoms with Crippen molar-refractivity contribution in [3.63, 3.8) is 0 Å². The van der Waals surface area contributed by atoms with Crippen molar-refractivity contribution in [2.75, 3.05) is 0 Å². The summed E-state index contributed by atoms with van der Waals surface area (Å²) >= 11 is 0. The van der Waals surface area contributed by atoms with Crippen LogP contribution >= 0.6 is 0 Å². The summed E-state index contributed by atoms with van der Waals surface area (Å²) < 4.78 is 0. The van der Waals surface area contributed by atoms with Crippen molar-refractivity contribution in [2.24, 2.45) is 20.0 Å². The van der Waals surface area contributed by atoms with Gasteiger partial charge in [-0.15, -0.1) is 35.4 Å². The van der Waals surface area contributed by atoms with Crippen molar-refractivity contribution in [1.82, 2.24) is 0 Å². The Labute approximate surface area is 147 Å². The average Bonchev–Trinajstić information content (AvgIpc) is 3.24. The summed E-state index contributed by atoms with van der Waals surface area (Å²) in [6.07, 6.45) is 3.47. The third kappa shape index (κ3) is 2.27. The normalized spacial score (nSPS) is 16.3. The second-order valence-electron chi connectivity index (χ2n) is 5.11. The van der Waals surface area contributed by atoms with Crippen LogP contribution in [0.25, 0.3) is 11.1 Å². The number of rotatable bonds is 0. The number of aliphatic imine (C=N–C) groups is 4. The molecule has 0 unspecified atom stereocenters. The number of hydrogen-bond acceptors (Lipinski definition) is 4. The second-order valence-corrected chi connectivity index (χ2v) is 5.11. The van der Waals surface area contributed by atoms with E-state index in [1.165, 1.54) is 0 Å². The van der Waals surface area contributed by atoms with Crippen molar-refractivity contribution in [3.8, 4) is 11.1 Å². The van der Waals surface area contributed by atoms with Gasteiger partial charge in [-0.3, -0.25) is 9.98 Å². The molecule has 3 aliphatic heterocycles. The van der Waals surface area contributed by atoms with Crippen molar-refractivity contribution in [3.05, 3.63) is 71.3 Å². The molecule has 2 aromatic rings. The molecule has 3 aliphatic rings. The van der Waals surface area contributed by atoms with Crippen molar-refractivity contribution < 1.29 is 21.1 Å². The van der Waals surface area contributed by atoms with E-state index in [2.05, 4.69) is 32.1 Å². The van der Waals surface area contributed by atoms with Gasteiger partial charge in [0.05, 0.1) is 0 Å². The molecule has 2 aromatic carbocycles. The topological polar surface area (TPSA) is 49.4 Å². The largest absolute Gasteiger partial charge is 2.00 e. The molecule has 0 saturated carbocycles. The predicted molar refractivity (Wildman–Crippen MR) is 86.6 cm³/mol. The monoisotopic (exact) mass is 475 g/mol. The van der Waals surface area contributed by atoms with Gasteiger partial charge in [-0.1, -0.05) is 0 Å². The van der Waals surface area contributed by atoms with Crippen molar-refractivity contribution in [2.45, 2.75) is 0 Å². The molecule has 0 saturated heterocycles. The first-order chi connectivity index (χ1) is 10.9. The summed E-state index contributed by atoms with van der Waals surface area (Å²) in [6, 6.07) is 18.8. The maximum atomic E-state index is 4.52. The van der Waals surface area contributed by atoms with Gasteiger partial charge in [-0.2, -0.15) is 35.4 Å². The summed E-state index contributed by atoms with van der Waals surface area (Å²) in [5, 5.41) is 0. The third-order valence-corrected chi connectivity index (χ3v) is 3.70. The Morgan fingerprint density at radius 2 is 1.04 bits per heavy atom. The molecule has 5 heteroatoms. The molecule has 0 amide bonds. The van der Waals surface area contributed by atoms with Gasteiger partial charge in [-0.05, 0) is 0 Å². The molecular formula is C18H8N4Pt. The molecule has 110 valence electrons. The Bertz CT molecular complexity index is 901. The molecule has 5 rings (SSSR count). The van der Waals surface area contributed by atoms with Gasteiger partial charge in [0.2, 0.25) is 0 Å². The Balaban J connectivity index is 0.00000135. The molecule has 3 heterocycles. The zero-order chi connectivity index (χ0) is 14.5. The van der Waals surface area contributed by atoms with E-state index in [0.29, 0.717) is 11.6 Å². The molecule has 23 heavy (non-hydrogen) atoms. The van der Waals surface area contributed by atoms with Crippen LogP contribution in [-0.2, 0) is 21.1 Å². The summed E-state index contributed by atoms with van der Waals surface area (Å²) in [5.41, 5.74) is 5.32. The van der Waals surface area contributed by atoms with Gasteiger partial charge in [-0.25, -0.2) is 9.98 Å². The molecule has 0 aromatic heterocycles. The van der Waals surface area contributed by atoms with Crippen LogP contribution in [0.4, 0.5) is 0 Å². The van der Waals surface area contributed by atoms with Crippen molar-refractivity contribution >= 4 is 23.9 Å². The molecule has 4 nitrogen and oxygen atoms in total. The summed E-state index contributed by atoms with van der Waals surface area (Å²) in [6.45, 7) is 0. The quantitative estimate of drug-likeness (QED) is 0.527. The van der Waals surface area contributed by atoms with Gasteiger partial charge in [0.15, 0.2) is 11.6 Å². The summed E-state index contributed by atoms with van der Waals surface area (Å²) in [4.78, 5) is 17.7. The number of fused-ring (bicyclic) bond motifs is 9. The number of benzene rings is 2. The van der Waals surface area contributed by atoms with Crippen molar-refractivity contribution in [1.29, 1.82) is 0 Å². The molecule has 8 bridgehead atoms. The zero-order valence-electron chi connectivity index (χ0n) is 11.7. The van der Waals surface area contributed by atoms with E-state index >= 15 is 0 Å². The molecule has 0 radical (unpaired) electrons. The fraction of sp³-hybridized carbons (Fsp3) is 0. The van der Waals surface area contributed by atoms with Crippen LogP contribution in [0.2, 0.25) is 0 Å².